The lowest BCUT2D eigenvalue weighted by molar-refractivity contribution is -0.133. The minimum Gasteiger partial charge on any atom is -0.450 e. The van der Waals surface area contributed by atoms with Crippen molar-refractivity contribution in [1.29, 1.82) is 0 Å². The van der Waals surface area contributed by atoms with E-state index >= 15 is 0 Å². The van der Waals surface area contributed by atoms with Crippen LogP contribution in [0.2, 0.25) is 0 Å². The van der Waals surface area contributed by atoms with Gasteiger partial charge in [0, 0.05) is 24.7 Å². The van der Waals surface area contributed by atoms with Gasteiger partial charge in [0.2, 0.25) is 5.76 Å². The number of amides is 1. The summed E-state index contributed by atoms with van der Waals surface area (Å²) in [6.07, 6.45) is 0. The predicted molar refractivity (Wildman–Crippen MR) is 112 cm³/mol. The fraction of sp³-hybridized carbons (Fsp3) is 0.208. The maximum Gasteiger partial charge on any atom is 0.374 e. The number of nitrogens with zero attached hydrogens (tertiary/aromatic N) is 1. The first-order valence-electron chi connectivity index (χ1n) is 9.51. The van der Waals surface area contributed by atoms with E-state index < -0.39 is 5.97 Å². The second-order valence-corrected chi connectivity index (χ2v) is 7.11. The summed E-state index contributed by atoms with van der Waals surface area (Å²) < 4.78 is 10.6. The summed E-state index contributed by atoms with van der Waals surface area (Å²) in [5.41, 5.74) is 3.47. The largest absolute Gasteiger partial charge is 0.450 e. The van der Waals surface area contributed by atoms with Crippen LogP contribution in [0.3, 0.4) is 0 Å². The highest BCUT2D eigenvalue weighted by atomic mass is 16.5. The van der Waals surface area contributed by atoms with Gasteiger partial charge in [-0.3, -0.25) is 9.59 Å². The van der Waals surface area contributed by atoms with Crippen molar-refractivity contribution in [2.24, 2.45) is 0 Å². The predicted octanol–water partition coefficient (Wildman–Crippen LogP) is 4.27. The third-order valence-electron chi connectivity index (χ3n) is 4.68. The van der Waals surface area contributed by atoms with Crippen LogP contribution in [-0.4, -0.2) is 36.2 Å². The minimum atomic E-state index is -0.710. The van der Waals surface area contributed by atoms with E-state index in [2.05, 4.69) is 0 Å². The van der Waals surface area contributed by atoms with Crippen LogP contribution in [0.25, 0.3) is 11.3 Å². The first-order valence-corrected chi connectivity index (χ1v) is 9.51. The Hall–Kier alpha value is -3.67. The smallest absolute Gasteiger partial charge is 0.374 e. The summed E-state index contributed by atoms with van der Waals surface area (Å²) in [6.45, 7) is 3.55. The number of benzene rings is 2. The molecule has 0 bridgehead atoms. The maximum atomic E-state index is 12.3. The summed E-state index contributed by atoms with van der Waals surface area (Å²) >= 11 is 0. The Labute approximate surface area is 175 Å². The van der Waals surface area contributed by atoms with E-state index in [9.17, 15) is 14.4 Å². The topological polar surface area (TPSA) is 76.8 Å². The molecule has 0 saturated carbocycles. The third kappa shape index (κ3) is 5.23. The van der Waals surface area contributed by atoms with Crippen LogP contribution in [0.5, 0.6) is 0 Å². The zero-order valence-electron chi connectivity index (χ0n) is 17.2. The molecular weight excluding hydrogens is 382 g/mol. The summed E-state index contributed by atoms with van der Waals surface area (Å²) in [6, 6.07) is 17.9. The molecule has 154 valence electrons. The fourth-order valence-electron chi connectivity index (χ4n) is 2.84. The molecule has 6 nitrogen and oxygen atoms in total. The van der Waals surface area contributed by atoms with Crippen molar-refractivity contribution in [2.75, 3.05) is 13.7 Å². The number of esters is 1. The first-order chi connectivity index (χ1) is 14.3. The van der Waals surface area contributed by atoms with Gasteiger partial charge in [-0.15, -0.1) is 0 Å². The molecule has 0 atom stereocenters. The number of furan rings is 1. The second kappa shape index (κ2) is 9.22. The van der Waals surface area contributed by atoms with Gasteiger partial charge in [0.25, 0.3) is 5.91 Å². The number of carbonyl (C=O) groups excluding carboxylic acids is 3. The molecule has 0 spiro atoms. The van der Waals surface area contributed by atoms with Gasteiger partial charge in [0.15, 0.2) is 12.4 Å². The normalized spacial score (nSPS) is 10.5. The second-order valence-electron chi connectivity index (χ2n) is 7.11. The van der Waals surface area contributed by atoms with Crippen molar-refractivity contribution in [3.05, 3.63) is 83.1 Å². The lowest BCUT2D eigenvalue weighted by Gasteiger charge is -2.17. The quantitative estimate of drug-likeness (QED) is 0.433. The van der Waals surface area contributed by atoms with Gasteiger partial charge in [-0.1, -0.05) is 54.1 Å². The Kier molecular flexibility index (Phi) is 6.47. The van der Waals surface area contributed by atoms with Crippen molar-refractivity contribution in [2.45, 2.75) is 20.4 Å². The molecule has 6 heteroatoms. The van der Waals surface area contributed by atoms with Crippen molar-refractivity contribution < 1.29 is 23.5 Å². The molecular formula is C24H23NO5. The molecule has 0 aliphatic heterocycles. The zero-order valence-corrected chi connectivity index (χ0v) is 17.2. The molecule has 1 amide bonds. The van der Waals surface area contributed by atoms with Crippen LogP contribution < -0.4 is 0 Å². The molecule has 0 radical (unpaired) electrons. The van der Waals surface area contributed by atoms with Crippen molar-refractivity contribution in [3.8, 4) is 11.3 Å². The highest BCUT2D eigenvalue weighted by Gasteiger charge is 2.17. The van der Waals surface area contributed by atoms with E-state index in [1.54, 1.807) is 37.4 Å². The Morgan fingerprint density at radius 3 is 2.23 bits per heavy atom. The summed E-state index contributed by atoms with van der Waals surface area (Å²) in [5, 5.41) is 0. The van der Waals surface area contributed by atoms with Crippen LogP contribution >= 0.6 is 0 Å². The number of likely N-dealkylation sites (N-methyl/N-ethyl adjacent to an activating group) is 1. The van der Waals surface area contributed by atoms with Crippen molar-refractivity contribution in [3.63, 3.8) is 0 Å². The molecule has 2 aromatic carbocycles. The van der Waals surface area contributed by atoms with Crippen LogP contribution in [0, 0.1) is 6.92 Å². The molecule has 0 unspecified atom stereocenters. The summed E-state index contributed by atoms with van der Waals surface area (Å²) in [4.78, 5) is 37.3. The monoisotopic (exact) mass is 405 g/mol. The van der Waals surface area contributed by atoms with Gasteiger partial charge < -0.3 is 14.1 Å². The standard InChI is InChI=1S/C24H23NO5/c1-16-4-6-18(7-5-16)14-25(3)23(27)15-29-24(28)22-13-12-21(30-22)20-10-8-19(9-11-20)17(2)26/h4-13H,14-15H2,1-3H3. The van der Waals surface area contributed by atoms with Crippen LogP contribution in [-0.2, 0) is 16.1 Å². The zero-order chi connectivity index (χ0) is 21.7. The Morgan fingerprint density at radius 2 is 1.60 bits per heavy atom. The third-order valence-corrected chi connectivity index (χ3v) is 4.68. The van der Waals surface area contributed by atoms with Crippen molar-refractivity contribution in [1.82, 2.24) is 4.90 Å². The van der Waals surface area contributed by atoms with Crippen LogP contribution in [0.4, 0.5) is 0 Å². The van der Waals surface area contributed by atoms with E-state index in [1.807, 2.05) is 31.2 Å². The van der Waals surface area contributed by atoms with Gasteiger partial charge in [-0.05, 0) is 31.5 Å². The van der Waals surface area contributed by atoms with Crippen LogP contribution in [0.1, 0.15) is 39.0 Å². The summed E-state index contributed by atoms with van der Waals surface area (Å²) in [5.74, 6) is -0.564. The molecule has 30 heavy (non-hydrogen) atoms. The van der Waals surface area contributed by atoms with Gasteiger partial charge in [0.05, 0.1) is 0 Å². The Bertz CT molecular complexity index is 1050. The SMILES string of the molecule is CC(=O)c1ccc(-c2ccc(C(=O)OCC(=O)N(C)Cc3ccc(C)cc3)o2)cc1. The van der Waals surface area contributed by atoms with Gasteiger partial charge in [0.1, 0.15) is 5.76 Å². The molecule has 3 aromatic rings. The number of ether oxygens (including phenoxy) is 1. The average Bonchev–Trinajstić information content (AvgIpc) is 3.23. The molecule has 0 N–H and O–H groups in total. The number of hydrogen-bond donors (Lipinski definition) is 0. The highest BCUT2D eigenvalue weighted by Crippen LogP contribution is 2.23. The highest BCUT2D eigenvalue weighted by molar-refractivity contribution is 5.94. The molecule has 3 rings (SSSR count). The lowest BCUT2D eigenvalue weighted by atomic mass is 10.1. The average molecular weight is 405 g/mol. The number of Topliss-reactive ketones (excluding diaryl/α,β-unsaturated/α-hetero) is 1. The Balaban J connectivity index is 1.55. The molecule has 1 heterocycles. The van der Waals surface area contributed by atoms with Crippen LogP contribution in [0.15, 0.2) is 65.1 Å². The number of carbonyl (C=O) groups is 3. The minimum absolute atomic E-state index is 0.00892. The number of rotatable bonds is 7. The van der Waals surface area contributed by atoms with E-state index in [-0.39, 0.29) is 24.1 Å². The molecule has 0 aliphatic carbocycles. The maximum absolute atomic E-state index is 12.3. The Morgan fingerprint density at radius 1 is 0.933 bits per heavy atom. The molecule has 0 saturated heterocycles. The van der Waals surface area contributed by atoms with E-state index in [0.717, 1.165) is 16.7 Å². The molecule has 0 fully saturated rings. The number of ketones is 1. The lowest BCUT2D eigenvalue weighted by Crippen LogP contribution is -2.30. The van der Waals surface area contributed by atoms with Gasteiger partial charge in [-0.25, -0.2) is 4.79 Å². The number of aryl methyl sites for hydroxylation is 1. The van der Waals surface area contributed by atoms with Crippen molar-refractivity contribution >= 4 is 17.7 Å². The van der Waals surface area contributed by atoms with Gasteiger partial charge >= 0.3 is 5.97 Å². The van der Waals surface area contributed by atoms with Gasteiger partial charge in [-0.2, -0.15) is 0 Å². The van der Waals surface area contributed by atoms with E-state index in [4.69, 9.17) is 9.15 Å². The summed E-state index contributed by atoms with van der Waals surface area (Å²) in [7, 11) is 1.66. The van der Waals surface area contributed by atoms with E-state index in [0.29, 0.717) is 17.9 Å². The molecule has 1 aromatic heterocycles. The first kappa shape index (κ1) is 21.0. The van der Waals surface area contributed by atoms with E-state index in [1.165, 1.54) is 17.9 Å². The number of hydrogen-bond acceptors (Lipinski definition) is 5. The molecule has 0 aliphatic rings. The fourth-order valence-corrected chi connectivity index (χ4v) is 2.84.